The Morgan fingerprint density at radius 1 is 1.13 bits per heavy atom. The molecule has 3 heterocycles. The summed E-state index contributed by atoms with van der Waals surface area (Å²) in [6, 6.07) is 16.6. The van der Waals surface area contributed by atoms with Crippen LogP contribution >= 0.6 is 11.6 Å². The Labute approximate surface area is 273 Å². The van der Waals surface area contributed by atoms with Crippen LogP contribution in [-0.4, -0.2) is 31.1 Å². The monoisotopic (exact) mass is 660 g/mol. The number of hydrogen-bond acceptors (Lipinski definition) is 8. The molecule has 2 atom stereocenters. The van der Waals surface area contributed by atoms with Gasteiger partial charge in [-0.3, -0.25) is 4.98 Å². The van der Waals surface area contributed by atoms with Crippen molar-refractivity contribution in [1.82, 2.24) is 25.0 Å². The standard InChI is InChI=1S/C33H26ClF4N9/c1-19-23(9-10-28(35)42-19)31(27-18-47(46-45-27)32(11-12-32)33(36,37)38)43-22-14-24-29(21(16-40)17-41-30(24)25(34)15-22)44-26(8-5-13-39)20-6-3-2-4-7-20/h2-4,6-7,9-10,14-15,17-18,26,31,43H,5,8,11-12H2,1H3,(H,41,44)/i31D. The molecule has 2 N–H and O–H groups in total. The van der Waals surface area contributed by atoms with Gasteiger partial charge in [0.25, 0.3) is 0 Å². The summed E-state index contributed by atoms with van der Waals surface area (Å²) < 4.78 is 66.3. The van der Waals surface area contributed by atoms with Gasteiger partial charge >= 0.3 is 6.18 Å². The van der Waals surface area contributed by atoms with E-state index < -0.39 is 23.7 Å². The van der Waals surface area contributed by atoms with Crippen LogP contribution < -0.4 is 10.6 Å². The Bertz CT molecular complexity index is 2090. The molecule has 2 aromatic carbocycles. The Morgan fingerprint density at radius 3 is 2.55 bits per heavy atom. The number of aryl methyl sites for hydroxylation is 1. The minimum absolute atomic E-state index is 0.0925. The summed E-state index contributed by atoms with van der Waals surface area (Å²) in [7, 11) is 0. The third-order valence-electron chi connectivity index (χ3n) is 8.14. The normalized spacial score (nSPS) is 16.0. The topological polar surface area (TPSA) is 128 Å². The fraction of sp³-hybridized carbons (Fsp3) is 0.273. The lowest BCUT2D eigenvalue weighted by molar-refractivity contribution is -0.182. The van der Waals surface area contributed by atoms with E-state index in [0.29, 0.717) is 23.0 Å². The van der Waals surface area contributed by atoms with Crippen molar-refractivity contribution >= 4 is 33.9 Å². The highest BCUT2D eigenvalue weighted by atomic mass is 35.5. The van der Waals surface area contributed by atoms with Crippen molar-refractivity contribution in [3.63, 3.8) is 0 Å². The first-order valence-electron chi connectivity index (χ1n) is 15.0. The number of nitrogens with zero attached hydrogens (tertiary/aromatic N) is 7. The molecule has 14 heteroatoms. The third-order valence-corrected chi connectivity index (χ3v) is 8.43. The molecule has 1 saturated carbocycles. The minimum atomic E-state index is -4.59. The van der Waals surface area contributed by atoms with Gasteiger partial charge < -0.3 is 10.6 Å². The van der Waals surface area contributed by atoms with E-state index in [-0.39, 0.29) is 58.5 Å². The molecule has 6 rings (SSSR count). The number of fused-ring (bicyclic) bond motifs is 1. The average molecular weight is 661 g/mol. The van der Waals surface area contributed by atoms with E-state index in [1.165, 1.54) is 25.3 Å². The first kappa shape index (κ1) is 30.4. The van der Waals surface area contributed by atoms with Gasteiger partial charge in [-0.15, -0.1) is 5.10 Å². The van der Waals surface area contributed by atoms with Gasteiger partial charge in [0.2, 0.25) is 5.95 Å². The number of pyridine rings is 2. The van der Waals surface area contributed by atoms with Gasteiger partial charge in [0.1, 0.15) is 11.8 Å². The van der Waals surface area contributed by atoms with Gasteiger partial charge in [-0.05, 0) is 49.9 Å². The van der Waals surface area contributed by atoms with Crippen LogP contribution in [-0.2, 0) is 5.54 Å². The molecule has 238 valence electrons. The zero-order valence-electron chi connectivity index (χ0n) is 25.8. The molecule has 0 aliphatic heterocycles. The predicted molar refractivity (Wildman–Crippen MR) is 167 cm³/mol. The third kappa shape index (κ3) is 6.14. The molecule has 0 radical (unpaired) electrons. The summed E-state index contributed by atoms with van der Waals surface area (Å²) in [6.07, 6.45) is -1.86. The maximum absolute atomic E-state index is 14.1. The van der Waals surface area contributed by atoms with Crippen LogP contribution in [0.3, 0.4) is 0 Å². The van der Waals surface area contributed by atoms with E-state index in [2.05, 4.69) is 43.1 Å². The Kier molecular flexibility index (Phi) is 8.08. The number of rotatable bonds is 10. The molecule has 0 bridgehead atoms. The van der Waals surface area contributed by atoms with Crippen molar-refractivity contribution in [2.24, 2.45) is 0 Å². The van der Waals surface area contributed by atoms with Gasteiger partial charge in [0.05, 0.1) is 47.5 Å². The van der Waals surface area contributed by atoms with Crippen LogP contribution in [0.25, 0.3) is 10.9 Å². The molecule has 1 aliphatic carbocycles. The second-order valence-electron chi connectivity index (χ2n) is 11.2. The van der Waals surface area contributed by atoms with Gasteiger partial charge in [-0.2, -0.15) is 28.1 Å². The average Bonchev–Trinajstić information content (AvgIpc) is 3.73. The SMILES string of the molecule is [2H]C(Nc1cc(Cl)c2ncc(C#N)c(NC(CCC#N)c3ccccc3)c2c1)(c1cn(C2(C(F)(F)F)CC2)nn1)c1ccc(F)nc1C. The fourth-order valence-electron chi connectivity index (χ4n) is 5.52. The maximum Gasteiger partial charge on any atom is 0.413 e. The van der Waals surface area contributed by atoms with Crippen LogP contribution in [0.4, 0.5) is 28.9 Å². The molecule has 1 aliphatic rings. The molecule has 0 amide bonds. The van der Waals surface area contributed by atoms with Crippen molar-refractivity contribution in [2.75, 3.05) is 10.6 Å². The van der Waals surface area contributed by atoms with Gasteiger partial charge in [-0.25, -0.2) is 9.67 Å². The van der Waals surface area contributed by atoms with Crippen LogP contribution in [0.2, 0.25) is 5.02 Å². The molecular formula is C33H26ClF4N9. The molecule has 5 aromatic rings. The number of benzene rings is 2. The number of aromatic nitrogens is 5. The first-order chi connectivity index (χ1) is 22.9. The smallest absolute Gasteiger partial charge is 0.377 e. The number of nitrogens with one attached hydrogen (secondary N) is 2. The van der Waals surface area contributed by atoms with Crippen molar-refractivity contribution in [3.05, 3.63) is 106 Å². The quantitative estimate of drug-likeness (QED) is 0.114. The Morgan fingerprint density at radius 2 is 1.89 bits per heavy atom. The van der Waals surface area contributed by atoms with Crippen LogP contribution in [0, 0.1) is 35.5 Å². The minimum Gasteiger partial charge on any atom is -0.377 e. The molecule has 0 spiro atoms. The summed E-state index contributed by atoms with van der Waals surface area (Å²) in [6.45, 7) is 1.47. The summed E-state index contributed by atoms with van der Waals surface area (Å²) in [5.41, 5.74) is -0.237. The first-order valence-corrected chi connectivity index (χ1v) is 14.9. The maximum atomic E-state index is 14.1. The highest BCUT2D eigenvalue weighted by molar-refractivity contribution is 6.35. The second-order valence-corrected chi connectivity index (χ2v) is 11.6. The van der Waals surface area contributed by atoms with Gasteiger partial charge in [0, 0.05) is 34.9 Å². The highest BCUT2D eigenvalue weighted by Crippen LogP contribution is 2.55. The van der Waals surface area contributed by atoms with Gasteiger partial charge in [0.15, 0.2) is 5.54 Å². The summed E-state index contributed by atoms with van der Waals surface area (Å²) >= 11 is 6.73. The van der Waals surface area contributed by atoms with Crippen LogP contribution in [0.5, 0.6) is 0 Å². The molecule has 3 aromatic heterocycles. The Balaban J connectivity index is 1.48. The van der Waals surface area contributed by atoms with Crippen molar-refractivity contribution in [2.45, 2.75) is 56.4 Å². The van der Waals surface area contributed by atoms with E-state index in [1.807, 2.05) is 30.3 Å². The molecule has 9 nitrogen and oxygen atoms in total. The Hall–Kier alpha value is -5.27. The number of halogens is 5. The lowest BCUT2D eigenvalue weighted by atomic mass is 10.00. The highest BCUT2D eigenvalue weighted by Gasteiger charge is 2.66. The largest absolute Gasteiger partial charge is 0.413 e. The molecule has 47 heavy (non-hydrogen) atoms. The number of anilines is 2. The van der Waals surface area contributed by atoms with Crippen molar-refractivity contribution in [3.8, 4) is 12.1 Å². The molecular weight excluding hydrogens is 634 g/mol. The summed E-state index contributed by atoms with van der Waals surface area (Å²) in [4.78, 5) is 8.22. The summed E-state index contributed by atoms with van der Waals surface area (Å²) in [5, 5.41) is 34.1. The number of nitriles is 2. The van der Waals surface area contributed by atoms with E-state index in [4.69, 9.17) is 11.6 Å². The van der Waals surface area contributed by atoms with E-state index in [1.54, 1.807) is 6.07 Å². The number of hydrogen-bond donors (Lipinski definition) is 2. The second kappa shape index (κ2) is 12.5. The van der Waals surface area contributed by atoms with Gasteiger partial charge in [-0.1, -0.05) is 53.2 Å². The van der Waals surface area contributed by atoms with Crippen molar-refractivity contribution in [1.29, 1.82) is 10.5 Å². The lowest BCUT2D eigenvalue weighted by Crippen LogP contribution is -2.35. The van der Waals surface area contributed by atoms with Crippen molar-refractivity contribution < 1.29 is 18.9 Å². The molecule has 2 unspecified atom stereocenters. The van der Waals surface area contributed by atoms with Crippen LogP contribution in [0.15, 0.2) is 67.0 Å². The van der Waals surface area contributed by atoms with E-state index in [0.717, 1.165) is 22.5 Å². The predicted octanol–water partition coefficient (Wildman–Crippen LogP) is 7.90. The molecule has 0 saturated heterocycles. The van der Waals surface area contributed by atoms with Crippen LogP contribution in [0.1, 0.15) is 67.2 Å². The van der Waals surface area contributed by atoms with E-state index >= 15 is 0 Å². The van der Waals surface area contributed by atoms with E-state index in [9.17, 15) is 29.5 Å². The zero-order chi connectivity index (χ0) is 34.3. The molecule has 1 fully saturated rings. The fourth-order valence-corrected chi connectivity index (χ4v) is 5.79. The number of alkyl halides is 3. The zero-order valence-corrected chi connectivity index (χ0v) is 25.5. The summed E-state index contributed by atoms with van der Waals surface area (Å²) in [5.74, 6) is -0.805. The lowest BCUT2D eigenvalue weighted by Gasteiger charge is -2.23.